The molecule has 1 aliphatic heterocycles. The maximum absolute atomic E-state index is 12.3. The summed E-state index contributed by atoms with van der Waals surface area (Å²) in [5.41, 5.74) is 2.95. The molecule has 0 aromatic heterocycles. The summed E-state index contributed by atoms with van der Waals surface area (Å²) in [6.07, 6.45) is 2.38. The highest BCUT2D eigenvalue weighted by Crippen LogP contribution is 2.27. The van der Waals surface area contributed by atoms with Crippen LogP contribution in [0.1, 0.15) is 12.8 Å². The zero-order valence-electron chi connectivity index (χ0n) is 13.4. The van der Waals surface area contributed by atoms with E-state index in [-0.39, 0.29) is 5.91 Å². The summed E-state index contributed by atoms with van der Waals surface area (Å²) in [7, 11) is 0. The highest BCUT2D eigenvalue weighted by molar-refractivity contribution is 8.23. The molecule has 2 aromatic carbocycles. The maximum atomic E-state index is 12.3. The van der Waals surface area contributed by atoms with Gasteiger partial charge in [-0.2, -0.15) is 0 Å². The Hall–Kier alpha value is -1.85. The van der Waals surface area contributed by atoms with Gasteiger partial charge in [0.1, 0.15) is 4.32 Å². The molecule has 0 saturated carbocycles. The first-order valence-electron chi connectivity index (χ1n) is 8.10. The Labute approximate surface area is 152 Å². The number of rotatable bonds is 4. The van der Waals surface area contributed by atoms with E-state index < -0.39 is 0 Å². The van der Waals surface area contributed by atoms with Gasteiger partial charge in [-0.05, 0) is 24.5 Å². The normalized spacial score (nSPS) is 13.8. The molecule has 1 saturated heterocycles. The van der Waals surface area contributed by atoms with E-state index >= 15 is 0 Å². The fraction of sp³-hybridized carbons (Fsp3) is 0.263. The molecule has 1 amide bonds. The first-order chi connectivity index (χ1) is 11.7. The molecular weight excluding hydrogens is 336 g/mol. The van der Waals surface area contributed by atoms with Gasteiger partial charge in [-0.3, -0.25) is 4.79 Å². The summed E-state index contributed by atoms with van der Waals surface area (Å²) in [6, 6.07) is 17.9. The summed E-state index contributed by atoms with van der Waals surface area (Å²) >= 11 is 6.86. The number of anilines is 1. The van der Waals surface area contributed by atoms with Gasteiger partial charge >= 0.3 is 0 Å². The van der Waals surface area contributed by atoms with Crippen molar-refractivity contribution in [1.29, 1.82) is 0 Å². The Kier molecular flexibility index (Phi) is 5.88. The van der Waals surface area contributed by atoms with Gasteiger partial charge in [-0.15, -0.1) is 0 Å². The molecular formula is C19H20N2OS2. The van der Waals surface area contributed by atoms with E-state index in [1.54, 1.807) is 0 Å². The van der Waals surface area contributed by atoms with E-state index in [2.05, 4.69) is 10.2 Å². The fourth-order valence-corrected chi connectivity index (χ4v) is 3.82. The summed E-state index contributed by atoms with van der Waals surface area (Å²) < 4.78 is 0.832. The van der Waals surface area contributed by atoms with E-state index in [1.165, 1.54) is 24.6 Å². The van der Waals surface area contributed by atoms with Crippen LogP contribution in [0.3, 0.4) is 0 Å². The number of carbonyl (C=O) groups excluding carboxylic acids is 1. The third kappa shape index (κ3) is 4.36. The lowest BCUT2D eigenvalue weighted by Gasteiger charge is -2.17. The Morgan fingerprint density at radius 1 is 1.04 bits per heavy atom. The average Bonchev–Trinajstić information content (AvgIpc) is 3.16. The van der Waals surface area contributed by atoms with Gasteiger partial charge in [0, 0.05) is 24.3 Å². The first-order valence-corrected chi connectivity index (χ1v) is 9.49. The quantitative estimate of drug-likeness (QED) is 0.823. The number of thioether (sulfide) groups is 1. The monoisotopic (exact) mass is 356 g/mol. The zero-order chi connectivity index (χ0) is 16.8. The summed E-state index contributed by atoms with van der Waals surface area (Å²) in [5.74, 6) is 0.322. The molecule has 1 N–H and O–H groups in total. The van der Waals surface area contributed by atoms with Crippen molar-refractivity contribution in [3.63, 3.8) is 0 Å². The number of hydrogen-bond acceptors (Lipinski definition) is 3. The standard InChI is InChI=1S/C19H20N2OS2/c22-18(14-24-19(23)21-12-6-7-13-21)20-17-11-5-4-10-16(17)15-8-2-1-3-9-15/h1-5,8-11H,6-7,12-14H2,(H,20,22). The number of benzene rings is 2. The first kappa shape index (κ1) is 17.0. The van der Waals surface area contributed by atoms with Crippen LogP contribution < -0.4 is 5.32 Å². The number of nitrogens with zero attached hydrogens (tertiary/aromatic N) is 1. The summed E-state index contributed by atoms with van der Waals surface area (Å²) in [4.78, 5) is 14.5. The highest BCUT2D eigenvalue weighted by Gasteiger charge is 2.16. The zero-order valence-corrected chi connectivity index (χ0v) is 15.0. The molecule has 0 radical (unpaired) electrons. The van der Waals surface area contributed by atoms with Crippen LogP contribution in [0, 0.1) is 0 Å². The lowest BCUT2D eigenvalue weighted by molar-refractivity contribution is -0.113. The van der Waals surface area contributed by atoms with Crippen LogP contribution in [0.15, 0.2) is 54.6 Å². The van der Waals surface area contributed by atoms with Crippen molar-refractivity contribution in [2.45, 2.75) is 12.8 Å². The number of likely N-dealkylation sites (tertiary alicyclic amines) is 1. The van der Waals surface area contributed by atoms with Gasteiger partial charge < -0.3 is 10.2 Å². The molecule has 0 unspecified atom stereocenters. The number of carbonyl (C=O) groups is 1. The number of thiocarbonyl (C=S) groups is 1. The minimum Gasteiger partial charge on any atom is -0.358 e. The van der Waals surface area contributed by atoms with E-state index in [9.17, 15) is 4.79 Å². The number of nitrogens with one attached hydrogen (secondary N) is 1. The Bertz CT molecular complexity index is 712. The fourth-order valence-electron chi connectivity index (χ4n) is 2.77. The second kappa shape index (κ2) is 8.31. The van der Waals surface area contributed by atoms with Crippen LogP contribution in [0.25, 0.3) is 11.1 Å². The van der Waals surface area contributed by atoms with Crippen molar-refractivity contribution in [3.8, 4) is 11.1 Å². The average molecular weight is 357 g/mol. The van der Waals surface area contributed by atoms with Gasteiger partial charge in [0.15, 0.2) is 0 Å². The Morgan fingerprint density at radius 3 is 2.46 bits per heavy atom. The van der Waals surface area contributed by atoms with Crippen LogP contribution in [0.2, 0.25) is 0 Å². The van der Waals surface area contributed by atoms with Crippen molar-refractivity contribution in [2.24, 2.45) is 0 Å². The lowest BCUT2D eigenvalue weighted by Crippen LogP contribution is -2.25. The van der Waals surface area contributed by atoms with Crippen molar-refractivity contribution < 1.29 is 4.79 Å². The van der Waals surface area contributed by atoms with Gasteiger partial charge in [0.25, 0.3) is 0 Å². The van der Waals surface area contributed by atoms with Crippen LogP contribution in [0.4, 0.5) is 5.69 Å². The molecule has 3 rings (SSSR count). The third-order valence-corrected chi connectivity index (χ3v) is 5.50. The van der Waals surface area contributed by atoms with E-state index in [0.717, 1.165) is 34.2 Å². The minimum absolute atomic E-state index is 0.0232. The molecule has 0 atom stereocenters. The lowest BCUT2D eigenvalue weighted by atomic mass is 10.0. The molecule has 124 valence electrons. The maximum Gasteiger partial charge on any atom is 0.234 e. The number of hydrogen-bond donors (Lipinski definition) is 1. The Balaban J connectivity index is 1.61. The smallest absolute Gasteiger partial charge is 0.234 e. The molecule has 1 heterocycles. The summed E-state index contributed by atoms with van der Waals surface area (Å²) in [6.45, 7) is 2.04. The molecule has 2 aromatic rings. The minimum atomic E-state index is -0.0232. The molecule has 0 bridgehead atoms. The van der Waals surface area contributed by atoms with Crippen molar-refractivity contribution in [3.05, 3.63) is 54.6 Å². The van der Waals surface area contributed by atoms with E-state index in [1.807, 2.05) is 54.6 Å². The SMILES string of the molecule is O=C(CSC(=S)N1CCCC1)Nc1ccccc1-c1ccccc1. The van der Waals surface area contributed by atoms with Crippen molar-refractivity contribution in [2.75, 3.05) is 24.2 Å². The van der Waals surface area contributed by atoms with Crippen LogP contribution in [-0.4, -0.2) is 34.0 Å². The number of para-hydroxylation sites is 1. The van der Waals surface area contributed by atoms with Crippen molar-refractivity contribution in [1.82, 2.24) is 4.90 Å². The van der Waals surface area contributed by atoms with E-state index in [0.29, 0.717) is 5.75 Å². The molecule has 1 fully saturated rings. The largest absolute Gasteiger partial charge is 0.358 e. The second-order valence-corrected chi connectivity index (χ2v) is 7.32. The molecule has 24 heavy (non-hydrogen) atoms. The molecule has 1 aliphatic rings. The number of amides is 1. The second-order valence-electron chi connectivity index (χ2n) is 5.71. The van der Waals surface area contributed by atoms with Gasteiger partial charge in [0.2, 0.25) is 5.91 Å². The summed E-state index contributed by atoms with van der Waals surface area (Å²) in [5, 5.41) is 3.02. The third-order valence-electron chi connectivity index (χ3n) is 3.98. The van der Waals surface area contributed by atoms with E-state index in [4.69, 9.17) is 12.2 Å². The molecule has 5 heteroatoms. The van der Waals surface area contributed by atoms with Crippen LogP contribution in [-0.2, 0) is 4.79 Å². The predicted octanol–water partition coefficient (Wildman–Crippen LogP) is 4.41. The predicted molar refractivity (Wildman–Crippen MR) is 106 cm³/mol. The molecule has 0 spiro atoms. The topological polar surface area (TPSA) is 32.3 Å². The Morgan fingerprint density at radius 2 is 1.71 bits per heavy atom. The van der Waals surface area contributed by atoms with Crippen LogP contribution >= 0.6 is 24.0 Å². The molecule has 3 nitrogen and oxygen atoms in total. The van der Waals surface area contributed by atoms with Gasteiger partial charge in [0.05, 0.1) is 5.75 Å². The van der Waals surface area contributed by atoms with Gasteiger partial charge in [-0.1, -0.05) is 72.5 Å². The highest BCUT2D eigenvalue weighted by atomic mass is 32.2. The van der Waals surface area contributed by atoms with Crippen LogP contribution in [0.5, 0.6) is 0 Å². The van der Waals surface area contributed by atoms with Crippen molar-refractivity contribution >= 4 is 39.9 Å². The molecule has 0 aliphatic carbocycles. The van der Waals surface area contributed by atoms with Gasteiger partial charge in [-0.25, -0.2) is 0 Å².